The van der Waals surface area contributed by atoms with Gasteiger partial charge in [-0.15, -0.1) is 0 Å². The number of hydrogen-bond donors (Lipinski definition) is 1. The van der Waals surface area contributed by atoms with E-state index in [2.05, 4.69) is 5.32 Å². The van der Waals surface area contributed by atoms with Gasteiger partial charge in [-0.2, -0.15) is 0 Å². The minimum atomic E-state index is -2.42. The molecule has 1 aromatic carbocycles. The minimum Gasteiger partial charge on any atom is -0.488 e. The molecule has 0 aromatic heterocycles. The Morgan fingerprint density at radius 3 is 2.47 bits per heavy atom. The van der Waals surface area contributed by atoms with Crippen molar-refractivity contribution in [2.24, 2.45) is 0 Å². The quantitative estimate of drug-likeness (QED) is 0.787. The predicted octanol–water partition coefficient (Wildman–Crippen LogP) is 2.44. The van der Waals surface area contributed by atoms with Crippen molar-refractivity contribution in [3.8, 4) is 5.75 Å². The highest BCUT2D eigenvalue weighted by Crippen LogP contribution is 2.12. The average Bonchev–Trinajstić information content (AvgIpc) is 2.25. The molecule has 0 aliphatic heterocycles. The smallest absolute Gasteiger partial charge is 0.272 e. The first-order chi connectivity index (χ1) is 7.22. The number of alkyl halides is 2. The molecule has 0 spiro atoms. The van der Waals surface area contributed by atoms with Crippen molar-refractivity contribution in [3.05, 3.63) is 29.8 Å². The van der Waals surface area contributed by atoms with Crippen LogP contribution in [0.1, 0.15) is 12.5 Å². The second-order valence-corrected chi connectivity index (χ2v) is 3.13. The van der Waals surface area contributed by atoms with Crippen molar-refractivity contribution < 1.29 is 13.5 Å². The standard InChI is InChI=1S/C11H15F2NO/c1-2-14-7-9-3-5-10(6-4-9)15-8-11(12)13/h3-6,11,14H,2,7-8H2,1H3. The molecule has 0 aliphatic rings. The molecule has 0 atom stereocenters. The Hall–Kier alpha value is -1.16. The van der Waals surface area contributed by atoms with Gasteiger partial charge >= 0.3 is 0 Å². The molecule has 0 unspecified atom stereocenters. The summed E-state index contributed by atoms with van der Waals surface area (Å²) < 4.78 is 28.5. The second-order valence-electron chi connectivity index (χ2n) is 3.13. The summed E-state index contributed by atoms with van der Waals surface area (Å²) in [7, 11) is 0. The number of nitrogens with one attached hydrogen (secondary N) is 1. The van der Waals surface area contributed by atoms with Crippen LogP contribution in [0.15, 0.2) is 24.3 Å². The first-order valence-electron chi connectivity index (χ1n) is 4.93. The third-order valence-electron chi connectivity index (χ3n) is 1.88. The zero-order valence-electron chi connectivity index (χ0n) is 8.67. The van der Waals surface area contributed by atoms with E-state index in [1.165, 1.54) is 0 Å². The van der Waals surface area contributed by atoms with Crippen LogP contribution in [0.4, 0.5) is 8.78 Å². The molecule has 4 heteroatoms. The van der Waals surface area contributed by atoms with Crippen molar-refractivity contribution in [1.29, 1.82) is 0 Å². The van der Waals surface area contributed by atoms with Crippen LogP contribution in [0.2, 0.25) is 0 Å². The Bertz CT molecular complexity index is 274. The van der Waals surface area contributed by atoms with Crippen LogP contribution in [-0.4, -0.2) is 19.6 Å². The molecular weight excluding hydrogens is 200 g/mol. The summed E-state index contributed by atoms with van der Waals surface area (Å²) >= 11 is 0. The molecule has 1 aromatic rings. The van der Waals surface area contributed by atoms with E-state index < -0.39 is 13.0 Å². The Labute approximate surface area is 88.3 Å². The van der Waals surface area contributed by atoms with Gasteiger partial charge in [-0.3, -0.25) is 0 Å². The SMILES string of the molecule is CCNCc1ccc(OCC(F)F)cc1. The van der Waals surface area contributed by atoms with Crippen molar-refractivity contribution in [2.75, 3.05) is 13.2 Å². The van der Waals surface area contributed by atoms with E-state index in [-0.39, 0.29) is 0 Å². The lowest BCUT2D eigenvalue weighted by atomic mass is 10.2. The van der Waals surface area contributed by atoms with E-state index in [1.807, 2.05) is 19.1 Å². The molecule has 0 fully saturated rings. The third kappa shape index (κ3) is 4.74. The summed E-state index contributed by atoms with van der Waals surface area (Å²) in [5.74, 6) is 0.482. The number of rotatable bonds is 6. The molecule has 0 bridgehead atoms. The highest BCUT2D eigenvalue weighted by Gasteiger charge is 2.02. The maximum Gasteiger partial charge on any atom is 0.272 e. The summed E-state index contributed by atoms with van der Waals surface area (Å²) in [6.45, 7) is 3.17. The molecule has 1 N–H and O–H groups in total. The Kier molecular flexibility index (Phi) is 5.04. The van der Waals surface area contributed by atoms with Crippen LogP contribution in [-0.2, 0) is 6.54 Å². The first kappa shape index (κ1) is 11.9. The van der Waals surface area contributed by atoms with E-state index in [0.29, 0.717) is 5.75 Å². The van der Waals surface area contributed by atoms with Crippen LogP contribution in [0.5, 0.6) is 5.75 Å². The Morgan fingerprint density at radius 2 is 1.93 bits per heavy atom. The largest absolute Gasteiger partial charge is 0.488 e. The van der Waals surface area contributed by atoms with Gasteiger partial charge in [0.05, 0.1) is 0 Å². The van der Waals surface area contributed by atoms with Gasteiger partial charge in [-0.1, -0.05) is 19.1 Å². The zero-order valence-corrected chi connectivity index (χ0v) is 8.67. The number of ether oxygens (including phenoxy) is 1. The molecule has 0 radical (unpaired) electrons. The lowest BCUT2D eigenvalue weighted by Gasteiger charge is -2.06. The maximum atomic E-state index is 11.8. The fraction of sp³-hybridized carbons (Fsp3) is 0.455. The minimum absolute atomic E-state index is 0.482. The van der Waals surface area contributed by atoms with Crippen molar-refractivity contribution in [3.63, 3.8) is 0 Å². The molecule has 1 rings (SSSR count). The van der Waals surface area contributed by atoms with Gasteiger partial charge in [0.1, 0.15) is 12.4 Å². The average molecular weight is 215 g/mol. The van der Waals surface area contributed by atoms with E-state index >= 15 is 0 Å². The lowest BCUT2D eigenvalue weighted by Crippen LogP contribution is -2.11. The second kappa shape index (κ2) is 6.35. The van der Waals surface area contributed by atoms with E-state index in [9.17, 15) is 8.78 Å². The van der Waals surface area contributed by atoms with Gasteiger partial charge in [-0.05, 0) is 24.2 Å². The van der Waals surface area contributed by atoms with Gasteiger partial charge < -0.3 is 10.1 Å². The molecule has 0 saturated carbocycles. The van der Waals surface area contributed by atoms with E-state index in [1.54, 1.807) is 12.1 Å². The zero-order chi connectivity index (χ0) is 11.1. The van der Waals surface area contributed by atoms with Crippen LogP contribution < -0.4 is 10.1 Å². The van der Waals surface area contributed by atoms with Crippen LogP contribution in [0.25, 0.3) is 0 Å². The normalized spacial score (nSPS) is 10.7. The monoisotopic (exact) mass is 215 g/mol. The molecule has 0 saturated heterocycles. The van der Waals surface area contributed by atoms with Crippen LogP contribution in [0, 0.1) is 0 Å². The van der Waals surface area contributed by atoms with Gasteiger partial charge in [0, 0.05) is 6.54 Å². The van der Waals surface area contributed by atoms with Crippen molar-refractivity contribution in [2.45, 2.75) is 19.9 Å². The third-order valence-corrected chi connectivity index (χ3v) is 1.88. The van der Waals surface area contributed by atoms with Gasteiger partial charge in [0.2, 0.25) is 0 Å². The molecule has 2 nitrogen and oxygen atoms in total. The highest BCUT2D eigenvalue weighted by molar-refractivity contribution is 5.27. The Morgan fingerprint density at radius 1 is 1.27 bits per heavy atom. The summed E-state index contributed by atoms with van der Waals surface area (Å²) in [6.07, 6.45) is -2.42. The fourth-order valence-corrected chi connectivity index (χ4v) is 1.13. The van der Waals surface area contributed by atoms with Gasteiger partial charge in [0.25, 0.3) is 6.43 Å². The highest BCUT2D eigenvalue weighted by atomic mass is 19.3. The fourth-order valence-electron chi connectivity index (χ4n) is 1.13. The molecule has 0 amide bonds. The molecular formula is C11H15F2NO. The number of halogens is 2. The maximum absolute atomic E-state index is 11.8. The van der Waals surface area contributed by atoms with Crippen molar-refractivity contribution in [1.82, 2.24) is 5.32 Å². The van der Waals surface area contributed by atoms with Gasteiger partial charge in [-0.25, -0.2) is 8.78 Å². The lowest BCUT2D eigenvalue weighted by molar-refractivity contribution is 0.0819. The first-order valence-corrected chi connectivity index (χ1v) is 4.93. The summed E-state index contributed by atoms with van der Waals surface area (Å²) in [5, 5.41) is 3.17. The molecule has 15 heavy (non-hydrogen) atoms. The van der Waals surface area contributed by atoms with Crippen LogP contribution >= 0.6 is 0 Å². The number of hydrogen-bond acceptors (Lipinski definition) is 2. The predicted molar refractivity (Wildman–Crippen MR) is 55.3 cm³/mol. The van der Waals surface area contributed by atoms with E-state index in [0.717, 1.165) is 18.7 Å². The molecule has 0 aliphatic carbocycles. The van der Waals surface area contributed by atoms with Crippen molar-refractivity contribution >= 4 is 0 Å². The topological polar surface area (TPSA) is 21.3 Å². The van der Waals surface area contributed by atoms with Gasteiger partial charge in [0.15, 0.2) is 0 Å². The summed E-state index contributed by atoms with van der Waals surface area (Å²) in [4.78, 5) is 0. The number of benzene rings is 1. The molecule has 84 valence electrons. The summed E-state index contributed by atoms with van der Waals surface area (Å²) in [6, 6.07) is 7.14. The molecule has 0 heterocycles. The Balaban J connectivity index is 2.41. The van der Waals surface area contributed by atoms with E-state index in [4.69, 9.17) is 4.74 Å². The summed E-state index contributed by atoms with van der Waals surface area (Å²) in [5.41, 5.74) is 1.11. The van der Waals surface area contributed by atoms with Crippen LogP contribution in [0.3, 0.4) is 0 Å².